The van der Waals surface area contributed by atoms with Crippen molar-refractivity contribution in [1.82, 2.24) is 5.43 Å². The van der Waals surface area contributed by atoms with E-state index in [1.165, 1.54) is 12.1 Å². The minimum atomic E-state index is -0.622. The van der Waals surface area contributed by atoms with Gasteiger partial charge in [-0.3, -0.25) is 14.9 Å². The number of amides is 1. The van der Waals surface area contributed by atoms with Crippen molar-refractivity contribution < 1.29 is 9.72 Å². The van der Waals surface area contributed by atoms with Gasteiger partial charge in [0.15, 0.2) is 0 Å². The van der Waals surface area contributed by atoms with Crippen molar-refractivity contribution in [3.8, 4) is 0 Å². The molecule has 0 aliphatic carbocycles. The average molecular weight is 374 g/mol. The largest absolute Gasteiger partial charge is 0.288 e. The van der Waals surface area contributed by atoms with Crippen LogP contribution in [0.3, 0.4) is 0 Å². The van der Waals surface area contributed by atoms with Gasteiger partial charge in [-0.25, -0.2) is 5.43 Å². The zero-order valence-corrected chi connectivity index (χ0v) is 15.2. The molecule has 0 bridgehead atoms. The molecule has 1 N–H and O–H groups in total. The van der Waals surface area contributed by atoms with Crippen molar-refractivity contribution in [2.45, 2.75) is 32.6 Å². The maximum Gasteiger partial charge on any atom is 0.288 e. The summed E-state index contributed by atoms with van der Waals surface area (Å²) >= 11 is 5.77. The summed E-state index contributed by atoms with van der Waals surface area (Å²) in [6.45, 7) is 2.12. The second-order valence-corrected chi connectivity index (χ2v) is 6.15. The highest BCUT2D eigenvalue weighted by Crippen LogP contribution is 2.25. The van der Waals surface area contributed by atoms with Crippen LogP contribution in [0, 0.1) is 10.1 Å². The molecule has 2 rings (SSSR count). The summed E-state index contributed by atoms with van der Waals surface area (Å²) in [7, 11) is 0. The SMILES string of the molecule is CCCCCC(=NNC(=O)c1ccc(Cl)c([N+](=O)[O-])c1)c1ccccc1. The third-order valence-corrected chi connectivity index (χ3v) is 4.14. The number of rotatable bonds is 8. The number of carbonyl (C=O) groups excluding carboxylic acids is 1. The van der Waals surface area contributed by atoms with Crippen LogP contribution in [0.1, 0.15) is 48.5 Å². The highest BCUT2D eigenvalue weighted by Gasteiger charge is 2.16. The lowest BCUT2D eigenvalue weighted by Crippen LogP contribution is -2.20. The van der Waals surface area contributed by atoms with E-state index in [-0.39, 0.29) is 16.3 Å². The zero-order valence-electron chi connectivity index (χ0n) is 14.4. The Kier molecular flexibility index (Phi) is 7.29. The van der Waals surface area contributed by atoms with Gasteiger partial charge in [-0.15, -0.1) is 0 Å². The summed E-state index contributed by atoms with van der Waals surface area (Å²) in [5.41, 5.74) is 4.02. The third-order valence-electron chi connectivity index (χ3n) is 3.82. The lowest BCUT2D eigenvalue weighted by Gasteiger charge is -2.08. The fourth-order valence-electron chi connectivity index (χ4n) is 2.41. The van der Waals surface area contributed by atoms with Crippen molar-refractivity contribution in [1.29, 1.82) is 0 Å². The lowest BCUT2D eigenvalue weighted by atomic mass is 10.0. The predicted molar refractivity (Wildman–Crippen MR) is 103 cm³/mol. The number of benzene rings is 2. The van der Waals surface area contributed by atoms with E-state index in [2.05, 4.69) is 17.5 Å². The summed E-state index contributed by atoms with van der Waals surface area (Å²) in [5.74, 6) is -0.520. The number of unbranched alkanes of at least 4 members (excludes halogenated alkanes) is 2. The molecular weight excluding hydrogens is 354 g/mol. The van der Waals surface area contributed by atoms with Crippen LogP contribution in [-0.2, 0) is 0 Å². The van der Waals surface area contributed by atoms with Gasteiger partial charge in [0.2, 0.25) is 0 Å². The van der Waals surface area contributed by atoms with Gasteiger partial charge in [-0.05, 0) is 30.5 Å². The number of halogens is 1. The molecule has 0 aliphatic rings. The molecule has 136 valence electrons. The second kappa shape index (κ2) is 9.68. The number of hydrazone groups is 1. The molecular formula is C19H20ClN3O3. The molecule has 0 unspecified atom stereocenters. The molecule has 0 spiro atoms. The van der Waals surface area contributed by atoms with Gasteiger partial charge in [-0.2, -0.15) is 5.10 Å². The van der Waals surface area contributed by atoms with Crippen molar-refractivity contribution in [3.63, 3.8) is 0 Å². The first kappa shape index (κ1) is 19.6. The molecule has 0 saturated heterocycles. The lowest BCUT2D eigenvalue weighted by molar-refractivity contribution is -0.384. The van der Waals surface area contributed by atoms with Gasteiger partial charge >= 0.3 is 0 Å². The zero-order chi connectivity index (χ0) is 18.9. The number of hydrogen-bond donors (Lipinski definition) is 1. The molecule has 0 fully saturated rings. The summed E-state index contributed by atoms with van der Waals surface area (Å²) in [4.78, 5) is 22.6. The van der Waals surface area contributed by atoms with Crippen molar-refractivity contribution in [2.24, 2.45) is 5.10 Å². The van der Waals surface area contributed by atoms with Crippen LogP contribution in [0.4, 0.5) is 5.69 Å². The first-order chi connectivity index (χ1) is 12.5. The topological polar surface area (TPSA) is 84.6 Å². The smallest absolute Gasteiger partial charge is 0.267 e. The molecule has 0 radical (unpaired) electrons. The third kappa shape index (κ3) is 5.39. The van der Waals surface area contributed by atoms with Crippen molar-refractivity contribution in [2.75, 3.05) is 0 Å². The Hall–Kier alpha value is -2.73. The second-order valence-electron chi connectivity index (χ2n) is 5.75. The number of hydrogen-bond acceptors (Lipinski definition) is 4. The maximum atomic E-state index is 12.3. The Balaban J connectivity index is 2.18. The molecule has 2 aromatic rings. The van der Waals surface area contributed by atoms with Gasteiger partial charge in [0, 0.05) is 11.6 Å². The molecule has 0 heterocycles. The van der Waals surface area contributed by atoms with E-state index in [1.807, 2.05) is 30.3 Å². The van der Waals surface area contributed by atoms with Crippen LogP contribution in [0.25, 0.3) is 0 Å². The molecule has 26 heavy (non-hydrogen) atoms. The molecule has 0 aromatic heterocycles. The Morgan fingerprint density at radius 1 is 1.15 bits per heavy atom. The van der Waals surface area contributed by atoms with Gasteiger partial charge < -0.3 is 0 Å². The minimum Gasteiger partial charge on any atom is -0.267 e. The van der Waals surface area contributed by atoms with Crippen molar-refractivity contribution >= 4 is 28.9 Å². The molecule has 7 heteroatoms. The summed E-state index contributed by atoms with van der Waals surface area (Å²) < 4.78 is 0. The first-order valence-corrected chi connectivity index (χ1v) is 8.77. The number of carbonyl (C=O) groups is 1. The van der Waals surface area contributed by atoms with E-state index in [9.17, 15) is 14.9 Å². The van der Waals surface area contributed by atoms with E-state index < -0.39 is 10.8 Å². The normalized spacial score (nSPS) is 11.2. The predicted octanol–water partition coefficient (Wildman–Crippen LogP) is 4.96. The fraction of sp³-hybridized carbons (Fsp3) is 0.263. The summed E-state index contributed by atoms with van der Waals surface area (Å²) in [6, 6.07) is 13.5. The first-order valence-electron chi connectivity index (χ1n) is 8.39. The molecule has 0 aliphatic heterocycles. The van der Waals surface area contributed by atoms with Crippen LogP contribution in [-0.4, -0.2) is 16.5 Å². The van der Waals surface area contributed by atoms with Crippen LogP contribution >= 0.6 is 11.6 Å². The molecule has 0 saturated carbocycles. The Bertz CT molecular complexity index is 807. The number of nitrogens with one attached hydrogen (secondary N) is 1. The Morgan fingerprint density at radius 2 is 1.88 bits per heavy atom. The fourth-order valence-corrected chi connectivity index (χ4v) is 2.60. The van der Waals surface area contributed by atoms with Gasteiger partial charge in [0.1, 0.15) is 5.02 Å². The average Bonchev–Trinajstić information content (AvgIpc) is 2.65. The van der Waals surface area contributed by atoms with E-state index >= 15 is 0 Å². The van der Waals surface area contributed by atoms with Crippen molar-refractivity contribution in [3.05, 3.63) is 74.8 Å². The van der Waals surface area contributed by atoms with Gasteiger partial charge in [0.05, 0.1) is 10.6 Å². The van der Waals surface area contributed by atoms with E-state index in [4.69, 9.17) is 11.6 Å². The maximum absolute atomic E-state index is 12.3. The Labute approximate surface area is 157 Å². The van der Waals surface area contributed by atoms with Crippen LogP contribution in [0.5, 0.6) is 0 Å². The minimum absolute atomic E-state index is 0.0143. The number of nitro benzene ring substituents is 1. The highest BCUT2D eigenvalue weighted by molar-refractivity contribution is 6.32. The van der Waals surface area contributed by atoms with E-state index in [1.54, 1.807) is 0 Å². The van der Waals surface area contributed by atoms with E-state index in [0.717, 1.165) is 43.0 Å². The van der Waals surface area contributed by atoms with Crippen LogP contribution < -0.4 is 5.43 Å². The van der Waals surface area contributed by atoms with Gasteiger partial charge in [-0.1, -0.05) is 61.7 Å². The quantitative estimate of drug-likeness (QED) is 0.307. The van der Waals surface area contributed by atoms with Gasteiger partial charge in [0.25, 0.3) is 11.6 Å². The van der Waals surface area contributed by atoms with Crippen LogP contribution in [0.2, 0.25) is 5.02 Å². The number of nitrogens with zero attached hydrogens (tertiary/aromatic N) is 2. The molecule has 1 amide bonds. The highest BCUT2D eigenvalue weighted by atomic mass is 35.5. The molecule has 0 atom stereocenters. The summed E-state index contributed by atoms with van der Waals surface area (Å²) in [6.07, 6.45) is 3.86. The Morgan fingerprint density at radius 3 is 2.54 bits per heavy atom. The molecule has 2 aromatic carbocycles. The monoisotopic (exact) mass is 373 g/mol. The number of nitro groups is 1. The van der Waals surface area contributed by atoms with Crippen LogP contribution in [0.15, 0.2) is 53.6 Å². The molecule has 6 nitrogen and oxygen atoms in total. The van der Waals surface area contributed by atoms with E-state index in [0.29, 0.717) is 0 Å². The summed E-state index contributed by atoms with van der Waals surface area (Å²) in [5, 5.41) is 15.2. The standard InChI is InChI=1S/C19H20ClN3O3/c1-2-3-5-10-17(14-8-6-4-7-9-14)21-22-19(24)15-11-12-16(20)18(13-15)23(25)26/h4,6-9,11-13H,2-3,5,10H2,1H3,(H,22,24).